The summed E-state index contributed by atoms with van der Waals surface area (Å²) in [4.78, 5) is 11.0. The molecule has 3 nitrogen and oxygen atoms in total. The van der Waals surface area contributed by atoms with Gasteiger partial charge in [0, 0.05) is 11.1 Å². The predicted octanol–water partition coefficient (Wildman–Crippen LogP) is 3.57. The highest BCUT2D eigenvalue weighted by Crippen LogP contribution is 2.42. The molecule has 1 aromatic carbocycles. The van der Waals surface area contributed by atoms with Gasteiger partial charge in [-0.1, -0.05) is 0 Å². The Morgan fingerprint density at radius 2 is 2.17 bits per heavy atom. The Morgan fingerprint density at radius 3 is 2.94 bits per heavy atom. The average molecular weight is 307 g/mol. The molecule has 0 atom stereocenters. The largest absolute Gasteiger partial charge is 0.507 e. The summed E-state index contributed by atoms with van der Waals surface area (Å²) >= 11 is 3.26. The minimum Gasteiger partial charge on any atom is -0.507 e. The highest BCUT2D eigenvalue weighted by molar-refractivity contribution is 9.10. The lowest BCUT2D eigenvalue weighted by Crippen LogP contribution is -2.13. The number of carbonyl (C=O) groups excluding carboxylic acids is 1. The van der Waals surface area contributed by atoms with Crippen molar-refractivity contribution in [2.24, 2.45) is 0 Å². The molecule has 1 N–H and O–H groups in total. The lowest BCUT2D eigenvalue weighted by Gasteiger charge is -2.25. The van der Waals surface area contributed by atoms with Crippen LogP contribution in [0.4, 0.5) is 0 Å². The quantitative estimate of drug-likeness (QED) is 0.807. The summed E-state index contributed by atoms with van der Waals surface area (Å²) in [6.07, 6.45) is 5.50. The van der Waals surface area contributed by atoms with Crippen molar-refractivity contribution in [1.29, 1.82) is 0 Å². The topological polar surface area (TPSA) is 46.5 Å². The molecule has 0 saturated carbocycles. The zero-order valence-electron chi connectivity index (χ0n) is 9.57. The highest BCUT2D eigenvalue weighted by atomic mass is 79.9. The lowest BCUT2D eigenvalue weighted by atomic mass is 9.91. The zero-order valence-corrected chi connectivity index (χ0v) is 11.2. The van der Waals surface area contributed by atoms with Crippen molar-refractivity contribution in [3.8, 4) is 11.5 Å². The van der Waals surface area contributed by atoms with Gasteiger partial charge in [-0.25, -0.2) is 0 Å². The van der Waals surface area contributed by atoms with Gasteiger partial charge < -0.3 is 9.84 Å². The predicted molar refractivity (Wildman–Crippen MR) is 71.4 cm³/mol. The van der Waals surface area contributed by atoms with E-state index in [1.54, 1.807) is 12.1 Å². The van der Waals surface area contributed by atoms with Gasteiger partial charge in [-0.05, 0) is 59.0 Å². The molecule has 1 aromatic rings. The molecule has 0 fully saturated rings. The second-order valence-electron chi connectivity index (χ2n) is 4.44. The fourth-order valence-corrected chi connectivity index (χ4v) is 2.66. The van der Waals surface area contributed by atoms with E-state index in [0.717, 1.165) is 42.3 Å². The molecule has 2 aliphatic rings. The molecule has 0 saturated heterocycles. The average Bonchev–Trinajstić information content (AvgIpc) is 2.37. The molecule has 0 spiro atoms. The van der Waals surface area contributed by atoms with Crippen molar-refractivity contribution in [2.75, 3.05) is 0 Å². The van der Waals surface area contributed by atoms with Gasteiger partial charge in [0.05, 0.1) is 4.47 Å². The Bertz CT molecular complexity index is 599. The second-order valence-corrected chi connectivity index (χ2v) is 5.29. The molecule has 1 aliphatic heterocycles. The van der Waals surface area contributed by atoms with Crippen molar-refractivity contribution in [3.63, 3.8) is 0 Å². The van der Waals surface area contributed by atoms with Crippen LogP contribution in [0.5, 0.6) is 11.5 Å². The standard InChI is InChI=1S/C14H11BrO3/c15-11-6-13-10(5-12(11)17)4-8-2-1-3-9(7-16)14(8)18-13/h4-7,17H,1-3H2. The summed E-state index contributed by atoms with van der Waals surface area (Å²) in [5.41, 5.74) is 2.61. The maximum Gasteiger partial charge on any atom is 0.149 e. The number of phenolic OH excluding ortho intramolecular Hbond substituents is 1. The molecule has 0 unspecified atom stereocenters. The van der Waals surface area contributed by atoms with E-state index in [0.29, 0.717) is 16.0 Å². The maximum absolute atomic E-state index is 11.0. The molecule has 1 heterocycles. The van der Waals surface area contributed by atoms with Gasteiger partial charge in [0.25, 0.3) is 0 Å². The molecule has 0 radical (unpaired) electrons. The monoisotopic (exact) mass is 306 g/mol. The molecule has 3 rings (SSSR count). The Hall–Kier alpha value is -1.55. The number of phenols is 1. The van der Waals surface area contributed by atoms with Crippen molar-refractivity contribution < 1.29 is 14.6 Å². The van der Waals surface area contributed by atoms with Gasteiger partial charge in [-0.2, -0.15) is 0 Å². The van der Waals surface area contributed by atoms with Crippen molar-refractivity contribution in [2.45, 2.75) is 19.3 Å². The van der Waals surface area contributed by atoms with Gasteiger partial charge in [0.2, 0.25) is 0 Å². The third-order valence-electron chi connectivity index (χ3n) is 3.24. The van der Waals surface area contributed by atoms with Crippen LogP contribution < -0.4 is 4.74 Å². The third kappa shape index (κ3) is 1.77. The van der Waals surface area contributed by atoms with E-state index < -0.39 is 0 Å². The number of allylic oxidation sites excluding steroid dienone is 2. The summed E-state index contributed by atoms with van der Waals surface area (Å²) in [5.74, 6) is 1.55. The molecule has 0 aromatic heterocycles. The number of carbonyl (C=O) groups is 1. The molecule has 92 valence electrons. The van der Waals surface area contributed by atoms with Crippen LogP contribution in [0, 0.1) is 0 Å². The highest BCUT2D eigenvalue weighted by Gasteiger charge is 2.24. The van der Waals surface area contributed by atoms with Gasteiger partial charge in [0.1, 0.15) is 23.5 Å². The summed E-state index contributed by atoms with van der Waals surface area (Å²) in [5, 5.41) is 9.67. The molecular weight excluding hydrogens is 296 g/mol. The van der Waals surface area contributed by atoms with Crippen LogP contribution >= 0.6 is 15.9 Å². The summed E-state index contributed by atoms with van der Waals surface area (Å²) in [6, 6.07) is 3.39. The Kier molecular flexibility index (Phi) is 2.74. The van der Waals surface area contributed by atoms with Crippen LogP contribution in [0.15, 0.2) is 33.5 Å². The molecule has 1 aliphatic carbocycles. The van der Waals surface area contributed by atoms with E-state index >= 15 is 0 Å². The molecule has 0 bridgehead atoms. The minimum atomic E-state index is 0.188. The minimum absolute atomic E-state index is 0.188. The molecule has 18 heavy (non-hydrogen) atoms. The number of halogens is 1. The zero-order chi connectivity index (χ0) is 12.7. The fraction of sp³-hybridized carbons (Fsp3) is 0.214. The van der Waals surface area contributed by atoms with E-state index in [4.69, 9.17) is 4.74 Å². The first-order valence-corrected chi connectivity index (χ1v) is 6.58. The number of hydrogen-bond acceptors (Lipinski definition) is 3. The van der Waals surface area contributed by atoms with Crippen LogP contribution in [-0.4, -0.2) is 11.4 Å². The van der Waals surface area contributed by atoms with Gasteiger partial charge in [0.15, 0.2) is 0 Å². The smallest absolute Gasteiger partial charge is 0.149 e. The van der Waals surface area contributed by atoms with E-state index in [1.165, 1.54) is 0 Å². The van der Waals surface area contributed by atoms with Gasteiger partial charge >= 0.3 is 0 Å². The van der Waals surface area contributed by atoms with E-state index in [9.17, 15) is 9.90 Å². The molecule has 0 amide bonds. The first kappa shape index (κ1) is 11.5. The number of ether oxygens (including phenoxy) is 1. The van der Waals surface area contributed by atoms with Crippen molar-refractivity contribution in [3.05, 3.63) is 39.1 Å². The van der Waals surface area contributed by atoms with Crippen molar-refractivity contribution in [1.82, 2.24) is 0 Å². The number of benzene rings is 1. The van der Waals surface area contributed by atoms with Crippen LogP contribution in [-0.2, 0) is 4.79 Å². The van der Waals surface area contributed by atoms with Crippen LogP contribution in [0.25, 0.3) is 6.08 Å². The van der Waals surface area contributed by atoms with E-state index in [2.05, 4.69) is 15.9 Å². The number of aldehydes is 1. The first-order chi connectivity index (χ1) is 8.69. The normalized spacial score (nSPS) is 17.5. The Labute approximate surface area is 113 Å². The van der Waals surface area contributed by atoms with Crippen molar-refractivity contribution >= 4 is 28.3 Å². The molecule has 4 heteroatoms. The molecular formula is C14H11BrO3. The van der Waals surface area contributed by atoms with Crippen LogP contribution in [0.1, 0.15) is 24.8 Å². The van der Waals surface area contributed by atoms with Crippen LogP contribution in [0.2, 0.25) is 0 Å². The number of aromatic hydroxyl groups is 1. The second kappa shape index (κ2) is 4.28. The Morgan fingerprint density at radius 1 is 1.33 bits per heavy atom. The van der Waals surface area contributed by atoms with E-state index in [1.807, 2.05) is 6.08 Å². The first-order valence-electron chi connectivity index (χ1n) is 5.78. The fourth-order valence-electron chi connectivity index (χ4n) is 2.34. The number of hydrogen-bond donors (Lipinski definition) is 1. The third-order valence-corrected chi connectivity index (χ3v) is 3.87. The maximum atomic E-state index is 11.0. The summed E-state index contributed by atoms with van der Waals surface area (Å²) in [7, 11) is 0. The number of fused-ring (bicyclic) bond motifs is 2. The SMILES string of the molecule is O=CC1=C2Oc3cc(Br)c(O)cc3C=C2CCC1. The summed E-state index contributed by atoms with van der Waals surface area (Å²) < 4.78 is 6.40. The lowest BCUT2D eigenvalue weighted by molar-refractivity contribution is -0.105. The van der Waals surface area contributed by atoms with Crippen LogP contribution in [0.3, 0.4) is 0 Å². The Balaban J connectivity index is 2.17. The summed E-state index contributed by atoms with van der Waals surface area (Å²) in [6.45, 7) is 0. The van der Waals surface area contributed by atoms with Gasteiger partial charge in [-0.3, -0.25) is 4.79 Å². The number of rotatable bonds is 1. The van der Waals surface area contributed by atoms with Gasteiger partial charge in [-0.15, -0.1) is 0 Å². The van der Waals surface area contributed by atoms with E-state index in [-0.39, 0.29) is 5.75 Å².